The highest BCUT2D eigenvalue weighted by molar-refractivity contribution is 5.10. The van der Waals surface area contributed by atoms with E-state index in [0.29, 0.717) is 12.0 Å². The molecule has 0 fully saturated rings. The van der Waals surface area contributed by atoms with Crippen LogP contribution >= 0.6 is 0 Å². The molecule has 0 aliphatic rings. The molecule has 1 N–H and O–H groups in total. The first-order valence-corrected chi connectivity index (χ1v) is 7.39. The third kappa shape index (κ3) is 4.13. The van der Waals surface area contributed by atoms with Crippen molar-refractivity contribution in [1.29, 1.82) is 0 Å². The fraction of sp³-hybridized carbons (Fsp3) is 0.800. The standard InChI is InChI=1S/C15H29N3/c1-6-9-16-15(12(4)7-2)11-14-10-13(5)17-18(14)8-3/h10,12,15-16H,6-9,11H2,1-5H3. The quantitative estimate of drug-likeness (QED) is 0.769. The summed E-state index contributed by atoms with van der Waals surface area (Å²) in [5.74, 6) is 0.706. The van der Waals surface area contributed by atoms with Gasteiger partial charge in [0.25, 0.3) is 0 Å². The Morgan fingerprint density at radius 3 is 2.61 bits per heavy atom. The van der Waals surface area contributed by atoms with Crippen LogP contribution in [0, 0.1) is 12.8 Å². The van der Waals surface area contributed by atoms with Gasteiger partial charge in [0, 0.05) is 24.7 Å². The number of aromatic nitrogens is 2. The highest BCUT2D eigenvalue weighted by atomic mass is 15.3. The third-order valence-corrected chi connectivity index (χ3v) is 3.70. The van der Waals surface area contributed by atoms with Gasteiger partial charge in [0.1, 0.15) is 0 Å². The Labute approximate surface area is 112 Å². The maximum atomic E-state index is 4.54. The Bertz CT molecular complexity index is 344. The Kier molecular flexibility index (Phi) is 6.41. The van der Waals surface area contributed by atoms with Crippen molar-refractivity contribution < 1.29 is 0 Å². The average molecular weight is 251 g/mol. The van der Waals surface area contributed by atoms with E-state index in [9.17, 15) is 0 Å². The molecule has 1 aromatic heterocycles. The Balaban J connectivity index is 2.74. The van der Waals surface area contributed by atoms with Gasteiger partial charge in [0.2, 0.25) is 0 Å². The van der Waals surface area contributed by atoms with Crippen LogP contribution in [0.1, 0.15) is 51.9 Å². The second kappa shape index (κ2) is 7.57. The SMILES string of the molecule is CCCNC(Cc1cc(C)nn1CC)C(C)CC. The minimum Gasteiger partial charge on any atom is -0.313 e. The first kappa shape index (κ1) is 15.2. The zero-order valence-corrected chi connectivity index (χ0v) is 12.7. The highest BCUT2D eigenvalue weighted by Crippen LogP contribution is 2.15. The van der Waals surface area contributed by atoms with Crippen molar-refractivity contribution >= 4 is 0 Å². The number of hydrogen-bond acceptors (Lipinski definition) is 2. The predicted octanol–water partition coefficient (Wildman–Crippen LogP) is 3.17. The number of aryl methyl sites for hydroxylation is 2. The van der Waals surface area contributed by atoms with Crippen LogP contribution in [-0.4, -0.2) is 22.4 Å². The Morgan fingerprint density at radius 1 is 1.33 bits per heavy atom. The molecule has 0 spiro atoms. The third-order valence-electron chi connectivity index (χ3n) is 3.70. The van der Waals surface area contributed by atoms with Gasteiger partial charge in [-0.05, 0) is 38.8 Å². The van der Waals surface area contributed by atoms with Crippen LogP contribution in [0.3, 0.4) is 0 Å². The topological polar surface area (TPSA) is 29.9 Å². The zero-order chi connectivity index (χ0) is 13.5. The van der Waals surface area contributed by atoms with Crippen LogP contribution in [0.5, 0.6) is 0 Å². The second-order valence-electron chi connectivity index (χ2n) is 5.24. The maximum Gasteiger partial charge on any atom is 0.0596 e. The summed E-state index contributed by atoms with van der Waals surface area (Å²) >= 11 is 0. The number of nitrogens with zero attached hydrogens (tertiary/aromatic N) is 2. The second-order valence-corrected chi connectivity index (χ2v) is 5.24. The number of nitrogens with one attached hydrogen (secondary N) is 1. The van der Waals surface area contributed by atoms with Crippen molar-refractivity contribution in [3.05, 3.63) is 17.5 Å². The van der Waals surface area contributed by atoms with Crippen LogP contribution in [0.2, 0.25) is 0 Å². The van der Waals surface area contributed by atoms with Gasteiger partial charge in [0.05, 0.1) is 5.69 Å². The van der Waals surface area contributed by atoms with Crippen LogP contribution in [0.4, 0.5) is 0 Å². The molecular formula is C15H29N3. The summed E-state index contributed by atoms with van der Waals surface area (Å²) in [6.07, 6.45) is 3.50. The van der Waals surface area contributed by atoms with E-state index >= 15 is 0 Å². The summed E-state index contributed by atoms with van der Waals surface area (Å²) < 4.78 is 2.14. The van der Waals surface area contributed by atoms with Crippen LogP contribution in [0.15, 0.2) is 6.07 Å². The van der Waals surface area contributed by atoms with Crippen molar-refractivity contribution in [2.45, 2.75) is 66.5 Å². The number of hydrogen-bond donors (Lipinski definition) is 1. The molecule has 0 aromatic carbocycles. The summed E-state index contributed by atoms with van der Waals surface area (Å²) in [5, 5.41) is 8.22. The molecule has 0 aliphatic heterocycles. The van der Waals surface area contributed by atoms with E-state index in [4.69, 9.17) is 0 Å². The van der Waals surface area contributed by atoms with Crippen LogP contribution in [0.25, 0.3) is 0 Å². The molecule has 2 unspecified atom stereocenters. The first-order chi connectivity index (χ1) is 8.62. The van der Waals surface area contributed by atoms with Crippen LogP contribution < -0.4 is 5.32 Å². The lowest BCUT2D eigenvalue weighted by molar-refractivity contribution is 0.357. The van der Waals surface area contributed by atoms with Crippen molar-refractivity contribution in [2.24, 2.45) is 5.92 Å². The minimum atomic E-state index is 0.566. The number of rotatable bonds is 8. The summed E-state index contributed by atoms with van der Waals surface area (Å²) in [6.45, 7) is 13.1. The molecule has 1 heterocycles. The van der Waals surface area contributed by atoms with E-state index < -0.39 is 0 Å². The van der Waals surface area contributed by atoms with E-state index in [1.165, 1.54) is 18.5 Å². The maximum absolute atomic E-state index is 4.54. The predicted molar refractivity (Wildman–Crippen MR) is 77.9 cm³/mol. The molecule has 0 bridgehead atoms. The molecule has 1 aromatic rings. The fourth-order valence-corrected chi connectivity index (χ4v) is 2.35. The smallest absolute Gasteiger partial charge is 0.0596 e. The van der Waals surface area contributed by atoms with E-state index in [2.05, 4.69) is 55.8 Å². The van der Waals surface area contributed by atoms with E-state index in [1.807, 2.05) is 0 Å². The van der Waals surface area contributed by atoms with E-state index in [1.54, 1.807) is 0 Å². The van der Waals surface area contributed by atoms with E-state index in [0.717, 1.165) is 25.2 Å². The molecule has 0 radical (unpaired) electrons. The van der Waals surface area contributed by atoms with Gasteiger partial charge in [-0.3, -0.25) is 4.68 Å². The first-order valence-electron chi connectivity index (χ1n) is 7.39. The lowest BCUT2D eigenvalue weighted by atomic mass is 9.94. The van der Waals surface area contributed by atoms with E-state index in [-0.39, 0.29) is 0 Å². The summed E-state index contributed by atoms with van der Waals surface area (Å²) in [6, 6.07) is 2.79. The molecule has 0 amide bonds. The molecule has 2 atom stereocenters. The van der Waals surface area contributed by atoms with Gasteiger partial charge in [-0.15, -0.1) is 0 Å². The zero-order valence-electron chi connectivity index (χ0n) is 12.7. The Morgan fingerprint density at radius 2 is 2.06 bits per heavy atom. The highest BCUT2D eigenvalue weighted by Gasteiger charge is 2.17. The van der Waals surface area contributed by atoms with Gasteiger partial charge in [0.15, 0.2) is 0 Å². The van der Waals surface area contributed by atoms with Gasteiger partial charge < -0.3 is 5.32 Å². The summed E-state index contributed by atoms with van der Waals surface area (Å²) in [4.78, 5) is 0. The van der Waals surface area contributed by atoms with Gasteiger partial charge >= 0.3 is 0 Å². The van der Waals surface area contributed by atoms with Crippen molar-refractivity contribution in [2.75, 3.05) is 6.54 Å². The molecule has 0 aliphatic carbocycles. The molecule has 0 saturated carbocycles. The molecule has 3 nitrogen and oxygen atoms in total. The van der Waals surface area contributed by atoms with Crippen molar-refractivity contribution in [3.63, 3.8) is 0 Å². The fourth-order valence-electron chi connectivity index (χ4n) is 2.35. The van der Waals surface area contributed by atoms with Gasteiger partial charge in [-0.25, -0.2) is 0 Å². The summed E-state index contributed by atoms with van der Waals surface area (Å²) in [5.41, 5.74) is 2.49. The summed E-state index contributed by atoms with van der Waals surface area (Å²) in [7, 11) is 0. The Hall–Kier alpha value is -0.830. The largest absolute Gasteiger partial charge is 0.313 e. The van der Waals surface area contributed by atoms with Crippen LogP contribution in [-0.2, 0) is 13.0 Å². The lowest BCUT2D eigenvalue weighted by Gasteiger charge is -2.24. The average Bonchev–Trinajstić information content (AvgIpc) is 2.73. The minimum absolute atomic E-state index is 0.566. The van der Waals surface area contributed by atoms with Gasteiger partial charge in [-0.1, -0.05) is 27.2 Å². The molecule has 18 heavy (non-hydrogen) atoms. The molecule has 3 heteroatoms. The molecule has 0 saturated heterocycles. The monoisotopic (exact) mass is 251 g/mol. The molecular weight excluding hydrogens is 222 g/mol. The normalized spacial score (nSPS) is 14.7. The van der Waals surface area contributed by atoms with Crippen molar-refractivity contribution in [1.82, 2.24) is 15.1 Å². The molecule has 1 rings (SSSR count). The van der Waals surface area contributed by atoms with Crippen molar-refractivity contribution in [3.8, 4) is 0 Å². The molecule has 104 valence electrons. The lowest BCUT2D eigenvalue weighted by Crippen LogP contribution is -2.37. The van der Waals surface area contributed by atoms with Gasteiger partial charge in [-0.2, -0.15) is 5.10 Å².